The number of aromatic nitrogens is 2. The zero-order valence-electron chi connectivity index (χ0n) is 12.4. The molecule has 4 nitrogen and oxygen atoms in total. The molecule has 0 radical (unpaired) electrons. The largest absolute Gasteiger partial charge is 0.489 e. The summed E-state index contributed by atoms with van der Waals surface area (Å²) in [6.07, 6.45) is 3.60. The molecule has 0 fully saturated rings. The van der Waals surface area contributed by atoms with E-state index in [4.69, 9.17) is 10.5 Å². The Kier molecular flexibility index (Phi) is 4.35. The molecule has 2 heterocycles. The molecule has 0 aromatic carbocycles. The van der Waals surface area contributed by atoms with Gasteiger partial charge in [0.05, 0.1) is 18.3 Å². The zero-order chi connectivity index (χ0) is 14.7. The first-order valence-corrected chi connectivity index (χ1v) is 6.78. The topological polar surface area (TPSA) is 61.0 Å². The highest BCUT2D eigenvalue weighted by atomic mass is 16.5. The second-order valence-corrected chi connectivity index (χ2v) is 5.23. The lowest BCUT2D eigenvalue weighted by Crippen LogP contribution is -2.15. The Morgan fingerprint density at radius 1 is 1.15 bits per heavy atom. The number of nitrogens with zero attached hydrogens (tertiary/aromatic N) is 2. The normalized spacial score (nSPS) is 12.5. The molecule has 0 bridgehead atoms. The Morgan fingerprint density at radius 3 is 2.55 bits per heavy atom. The van der Waals surface area contributed by atoms with Crippen molar-refractivity contribution >= 4 is 0 Å². The van der Waals surface area contributed by atoms with Crippen LogP contribution in [-0.4, -0.2) is 16.1 Å². The molecule has 2 aromatic heterocycles. The number of hydrogen-bond donors (Lipinski definition) is 1. The minimum absolute atomic E-state index is 0.117. The van der Waals surface area contributed by atoms with Crippen LogP contribution in [0.25, 0.3) is 0 Å². The molecule has 0 aliphatic rings. The van der Waals surface area contributed by atoms with Gasteiger partial charge in [-0.1, -0.05) is 6.07 Å². The lowest BCUT2D eigenvalue weighted by atomic mass is 9.99. The van der Waals surface area contributed by atoms with Gasteiger partial charge in [0, 0.05) is 17.6 Å². The Balaban J connectivity index is 2.30. The van der Waals surface area contributed by atoms with Crippen molar-refractivity contribution in [3.8, 4) is 5.75 Å². The highest BCUT2D eigenvalue weighted by Gasteiger charge is 2.14. The highest BCUT2D eigenvalue weighted by molar-refractivity contribution is 5.36. The number of ether oxygens (including phenoxy) is 1. The maximum absolute atomic E-state index is 6.33. The molecule has 0 aliphatic carbocycles. The summed E-state index contributed by atoms with van der Waals surface area (Å²) < 4.78 is 5.66. The first-order valence-electron chi connectivity index (χ1n) is 6.78. The third kappa shape index (κ3) is 3.33. The van der Waals surface area contributed by atoms with E-state index >= 15 is 0 Å². The van der Waals surface area contributed by atoms with Crippen LogP contribution in [0.2, 0.25) is 0 Å². The molecule has 20 heavy (non-hydrogen) atoms. The molecular formula is C16H21N3O. The van der Waals surface area contributed by atoms with E-state index in [9.17, 15) is 0 Å². The monoisotopic (exact) mass is 271 g/mol. The number of pyridine rings is 2. The minimum atomic E-state index is -0.244. The summed E-state index contributed by atoms with van der Waals surface area (Å²) in [5.74, 6) is 0.741. The molecule has 0 amide bonds. The average Bonchev–Trinajstić information content (AvgIpc) is 2.37. The first-order chi connectivity index (χ1) is 9.47. The Hall–Kier alpha value is -1.94. The van der Waals surface area contributed by atoms with Crippen LogP contribution in [0.4, 0.5) is 0 Å². The molecule has 106 valence electrons. The molecule has 1 atom stereocenters. The molecule has 0 aliphatic heterocycles. The fourth-order valence-corrected chi connectivity index (χ4v) is 2.15. The second-order valence-electron chi connectivity index (χ2n) is 5.23. The van der Waals surface area contributed by atoms with E-state index in [-0.39, 0.29) is 12.1 Å². The Morgan fingerprint density at radius 2 is 1.90 bits per heavy atom. The molecule has 0 spiro atoms. The number of nitrogens with two attached hydrogens (primary N) is 1. The van der Waals surface area contributed by atoms with E-state index in [2.05, 4.69) is 9.97 Å². The molecule has 0 saturated carbocycles. The maximum Gasteiger partial charge on any atom is 0.138 e. The zero-order valence-corrected chi connectivity index (χ0v) is 12.4. The maximum atomic E-state index is 6.33. The van der Waals surface area contributed by atoms with Crippen molar-refractivity contribution < 1.29 is 4.74 Å². The van der Waals surface area contributed by atoms with Gasteiger partial charge in [0.15, 0.2) is 0 Å². The van der Waals surface area contributed by atoms with Gasteiger partial charge >= 0.3 is 0 Å². The quantitative estimate of drug-likeness (QED) is 0.928. The molecule has 2 N–H and O–H groups in total. The number of hydrogen-bond acceptors (Lipinski definition) is 4. The van der Waals surface area contributed by atoms with Crippen LogP contribution in [-0.2, 0) is 0 Å². The molecule has 4 heteroatoms. The summed E-state index contributed by atoms with van der Waals surface area (Å²) >= 11 is 0. The molecule has 1 unspecified atom stereocenters. The van der Waals surface area contributed by atoms with Crippen LogP contribution < -0.4 is 10.5 Å². The van der Waals surface area contributed by atoms with E-state index in [1.165, 1.54) is 0 Å². The summed E-state index contributed by atoms with van der Waals surface area (Å²) in [7, 11) is 0. The summed E-state index contributed by atoms with van der Waals surface area (Å²) in [5, 5.41) is 0. The Labute approximate surface area is 120 Å². The van der Waals surface area contributed by atoms with Crippen LogP contribution in [0.15, 0.2) is 30.6 Å². The van der Waals surface area contributed by atoms with E-state index < -0.39 is 0 Å². The summed E-state index contributed by atoms with van der Waals surface area (Å²) in [6.45, 7) is 7.92. The van der Waals surface area contributed by atoms with Crippen LogP contribution in [0.1, 0.15) is 42.4 Å². The average molecular weight is 271 g/mol. The predicted octanol–water partition coefficient (Wildman–Crippen LogP) is 2.93. The lowest BCUT2D eigenvalue weighted by Gasteiger charge is -2.16. The second kappa shape index (κ2) is 6.01. The fraction of sp³-hybridized carbons (Fsp3) is 0.375. The van der Waals surface area contributed by atoms with Crippen molar-refractivity contribution in [2.45, 2.75) is 39.8 Å². The van der Waals surface area contributed by atoms with Gasteiger partial charge in [-0.05, 0) is 51.0 Å². The molecular weight excluding hydrogens is 250 g/mol. The van der Waals surface area contributed by atoms with Crippen LogP contribution in [0.3, 0.4) is 0 Å². The minimum Gasteiger partial charge on any atom is -0.489 e. The van der Waals surface area contributed by atoms with E-state index in [0.29, 0.717) is 0 Å². The van der Waals surface area contributed by atoms with Gasteiger partial charge < -0.3 is 10.5 Å². The lowest BCUT2D eigenvalue weighted by molar-refractivity contribution is 0.241. The van der Waals surface area contributed by atoms with Crippen molar-refractivity contribution in [3.05, 3.63) is 53.1 Å². The summed E-state index contributed by atoms with van der Waals surface area (Å²) in [5.41, 5.74) is 10.2. The van der Waals surface area contributed by atoms with Gasteiger partial charge in [-0.3, -0.25) is 9.97 Å². The van der Waals surface area contributed by atoms with Gasteiger partial charge in [-0.2, -0.15) is 0 Å². The highest BCUT2D eigenvalue weighted by Crippen LogP contribution is 2.24. The molecule has 2 aromatic rings. The van der Waals surface area contributed by atoms with Gasteiger partial charge in [0.1, 0.15) is 5.75 Å². The number of rotatable bonds is 4. The van der Waals surface area contributed by atoms with E-state index in [1.807, 2.05) is 45.9 Å². The molecule has 0 saturated heterocycles. The van der Waals surface area contributed by atoms with Crippen LogP contribution in [0, 0.1) is 13.8 Å². The Bertz CT molecular complexity index is 596. The first kappa shape index (κ1) is 14.5. The fourth-order valence-electron chi connectivity index (χ4n) is 2.15. The van der Waals surface area contributed by atoms with Crippen LogP contribution in [0.5, 0.6) is 5.75 Å². The third-order valence-corrected chi connectivity index (χ3v) is 3.07. The summed E-state index contributed by atoms with van der Waals surface area (Å²) in [4.78, 5) is 8.67. The van der Waals surface area contributed by atoms with Crippen LogP contribution >= 0.6 is 0 Å². The van der Waals surface area contributed by atoms with E-state index in [1.54, 1.807) is 12.4 Å². The van der Waals surface area contributed by atoms with Crippen molar-refractivity contribution in [1.29, 1.82) is 0 Å². The van der Waals surface area contributed by atoms with Crippen molar-refractivity contribution in [3.63, 3.8) is 0 Å². The molecule has 2 rings (SSSR count). The van der Waals surface area contributed by atoms with Crippen molar-refractivity contribution in [2.75, 3.05) is 0 Å². The standard InChI is InChI=1S/C16H21N3O/c1-10(2)20-14-7-13(8-18-9-14)16(17)15-6-5-11(3)19-12(15)4/h5-10,16H,17H2,1-4H3. The smallest absolute Gasteiger partial charge is 0.138 e. The van der Waals surface area contributed by atoms with E-state index in [0.717, 1.165) is 28.3 Å². The van der Waals surface area contributed by atoms with Gasteiger partial charge in [-0.25, -0.2) is 0 Å². The van der Waals surface area contributed by atoms with Gasteiger partial charge in [0.25, 0.3) is 0 Å². The predicted molar refractivity (Wildman–Crippen MR) is 79.7 cm³/mol. The summed E-state index contributed by atoms with van der Waals surface area (Å²) in [6, 6.07) is 5.70. The third-order valence-electron chi connectivity index (χ3n) is 3.07. The SMILES string of the molecule is Cc1ccc(C(N)c2cncc(OC(C)C)c2)c(C)n1. The number of aryl methyl sites for hydroxylation is 2. The van der Waals surface area contributed by atoms with Crippen molar-refractivity contribution in [2.24, 2.45) is 5.73 Å². The van der Waals surface area contributed by atoms with Gasteiger partial charge in [0.2, 0.25) is 0 Å². The van der Waals surface area contributed by atoms with Crippen molar-refractivity contribution in [1.82, 2.24) is 9.97 Å². The van der Waals surface area contributed by atoms with Gasteiger partial charge in [-0.15, -0.1) is 0 Å².